The number of pyridine rings is 1. The number of fused-ring (bicyclic) bond motifs is 1. The van der Waals surface area contributed by atoms with E-state index in [0.717, 1.165) is 13.1 Å². The molecule has 21 heavy (non-hydrogen) atoms. The molecule has 1 aromatic heterocycles. The fourth-order valence-electron chi connectivity index (χ4n) is 3.59. The number of benzene rings is 1. The number of nitrogens with one attached hydrogen (secondary N) is 1. The lowest BCUT2D eigenvalue weighted by Gasteiger charge is -2.36. The average molecular weight is 283 g/mol. The molecule has 1 aliphatic carbocycles. The number of hydrogen-bond acceptors (Lipinski definition) is 3. The second-order valence-corrected chi connectivity index (χ2v) is 6.44. The van der Waals surface area contributed by atoms with E-state index in [1.807, 2.05) is 12.4 Å². The maximum Gasteiger partial charge on any atom is 0.0346 e. The lowest BCUT2D eigenvalue weighted by atomic mass is 9.96. The smallest absolute Gasteiger partial charge is 0.0346 e. The van der Waals surface area contributed by atoms with Gasteiger partial charge in [-0.15, -0.1) is 0 Å². The fraction of sp³-hybridized carbons (Fsp3) is 0.500. The molecule has 0 amide bonds. The summed E-state index contributed by atoms with van der Waals surface area (Å²) in [6.07, 6.45) is 9.17. The predicted molar refractivity (Wildman–Crippen MR) is 88.3 cm³/mol. The maximum atomic E-state index is 4.20. The van der Waals surface area contributed by atoms with E-state index in [1.54, 1.807) is 0 Å². The average Bonchev–Trinajstić information content (AvgIpc) is 2.98. The molecule has 3 rings (SSSR count). The Hall–Kier alpha value is -1.45. The predicted octanol–water partition coefficient (Wildman–Crippen LogP) is 3.20. The van der Waals surface area contributed by atoms with E-state index in [2.05, 4.69) is 53.6 Å². The summed E-state index contributed by atoms with van der Waals surface area (Å²) in [5.41, 5.74) is 1.72. The lowest BCUT2D eigenvalue weighted by molar-refractivity contribution is 0.153. The zero-order valence-corrected chi connectivity index (χ0v) is 13.1. The Kier molecular flexibility index (Phi) is 4.22. The molecule has 1 N–H and O–H groups in total. The molecule has 0 radical (unpaired) electrons. The van der Waals surface area contributed by atoms with Crippen molar-refractivity contribution in [3.8, 4) is 0 Å². The van der Waals surface area contributed by atoms with Crippen LogP contribution in [0.15, 0.2) is 36.7 Å². The molecule has 2 aromatic rings. The zero-order valence-electron chi connectivity index (χ0n) is 13.1. The molecule has 0 bridgehead atoms. The summed E-state index contributed by atoms with van der Waals surface area (Å²) in [5, 5.41) is 6.23. The second-order valence-electron chi connectivity index (χ2n) is 6.44. The molecule has 112 valence electrons. The van der Waals surface area contributed by atoms with E-state index in [-0.39, 0.29) is 0 Å². The van der Waals surface area contributed by atoms with Crippen LogP contribution in [0.3, 0.4) is 0 Å². The Balaban J connectivity index is 1.69. The van der Waals surface area contributed by atoms with Crippen molar-refractivity contribution in [1.29, 1.82) is 0 Å². The minimum absolute atomic E-state index is 0.353. The van der Waals surface area contributed by atoms with E-state index in [1.165, 1.54) is 42.0 Å². The fourth-order valence-corrected chi connectivity index (χ4v) is 3.59. The number of rotatable bonds is 5. The van der Waals surface area contributed by atoms with Crippen molar-refractivity contribution < 1.29 is 0 Å². The van der Waals surface area contributed by atoms with Gasteiger partial charge in [-0.05, 0) is 44.0 Å². The van der Waals surface area contributed by atoms with E-state index < -0.39 is 0 Å². The summed E-state index contributed by atoms with van der Waals surface area (Å²) >= 11 is 0. The van der Waals surface area contributed by atoms with Crippen molar-refractivity contribution >= 4 is 10.8 Å². The molecule has 1 heterocycles. The van der Waals surface area contributed by atoms with Crippen molar-refractivity contribution in [1.82, 2.24) is 15.2 Å². The summed E-state index contributed by atoms with van der Waals surface area (Å²) < 4.78 is 0. The normalized spacial score (nSPS) is 17.7. The molecule has 1 aliphatic rings. The van der Waals surface area contributed by atoms with Crippen molar-refractivity contribution in [2.24, 2.45) is 0 Å². The van der Waals surface area contributed by atoms with Gasteiger partial charge in [0.25, 0.3) is 0 Å². The minimum atomic E-state index is 0.353. The number of aromatic nitrogens is 1. The summed E-state index contributed by atoms with van der Waals surface area (Å²) in [7, 11) is 4.44. The first kappa shape index (κ1) is 14.5. The highest BCUT2D eigenvalue weighted by atomic mass is 15.2. The summed E-state index contributed by atoms with van der Waals surface area (Å²) in [6, 6.07) is 8.58. The molecule has 0 spiro atoms. The third-order valence-electron chi connectivity index (χ3n) is 5.02. The quantitative estimate of drug-likeness (QED) is 0.913. The molecule has 3 heteroatoms. The van der Waals surface area contributed by atoms with E-state index in [4.69, 9.17) is 0 Å². The Morgan fingerprint density at radius 3 is 2.76 bits per heavy atom. The third kappa shape index (κ3) is 2.94. The minimum Gasteiger partial charge on any atom is -0.311 e. The lowest BCUT2D eigenvalue weighted by Crippen LogP contribution is -2.49. The summed E-state index contributed by atoms with van der Waals surface area (Å²) in [5.74, 6) is 0. The van der Waals surface area contributed by atoms with Gasteiger partial charge in [-0.25, -0.2) is 0 Å². The molecular weight excluding hydrogens is 258 g/mol. The summed E-state index contributed by atoms with van der Waals surface area (Å²) in [6.45, 7) is 2.00. The highest BCUT2D eigenvalue weighted by molar-refractivity contribution is 5.84. The zero-order chi connectivity index (χ0) is 14.7. The van der Waals surface area contributed by atoms with Crippen LogP contribution >= 0.6 is 0 Å². The summed E-state index contributed by atoms with van der Waals surface area (Å²) in [4.78, 5) is 6.62. The van der Waals surface area contributed by atoms with Crippen molar-refractivity contribution in [3.05, 3.63) is 42.2 Å². The molecular formula is C18H25N3. The topological polar surface area (TPSA) is 28.2 Å². The van der Waals surface area contributed by atoms with Gasteiger partial charge >= 0.3 is 0 Å². The second kappa shape index (κ2) is 6.12. The molecule has 1 saturated carbocycles. The van der Waals surface area contributed by atoms with Crippen LogP contribution in [-0.4, -0.2) is 36.1 Å². The Morgan fingerprint density at radius 1 is 1.19 bits per heavy atom. The van der Waals surface area contributed by atoms with Crippen LogP contribution in [0, 0.1) is 0 Å². The van der Waals surface area contributed by atoms with E-state index >= 15 is 0 Å². The molecule has 3 nitrogen and oxygen atoms in total. The van der Waals surface area contributed by atoms with E-state index in [9.17, 15) is 0 Å². The first-order chi connectivity index (χ1) is 10.2. The molecule has 0 unspecified atom stereocenters. The maximum absolute atomic E-state index is 4.20. The monoisotopic (exact) mass is 283 g/mol. The molecule has 0 saturated heterocycles. The van der Waals surface area contributed by atoms with Gasteiger partial charge in [-0.1, -0.05) is 31.0 Å². The van der Waals surface area contributed by atoms with Crippen molar-refractivity contribution in [2.75, 3.05) is 20.6 Å². The largest absolute Gasteiger partial charge is 0.311 e. The van der Waals surface area contributed by atoms with Gasteiger partial charge in [0.2, 0.25) is 0 Å². The molecule has 1 fully saturated rings. The van der Waals surface area contributed by atoms with Crippen LogP contribution in [-0.2, 0) is 6.54 Å². The third-order valence-corrected chi connectivity index (χ3v) is 5.02. The van der Waals surface area contributed by atoms with Gasteiger partial charge in [0.1, 0.15) is 0 Å². The Labute approximate surface area is 127 Å². The van der Waals surface area contributed by atoms with Gasteiger partial charge in [-0.3, -0.25) is 4.98 Å². The van der Waals surface area contributed by atoms with Gasteiger partial charge in [0.15, 0.2) is 0 Å². The van der Waals surface area contributed by atoms with Crippen LogP contribution in [0.5, 0.6) is 0 Å². The standard InChI is InChI=1S/C18H25N3/c1-21(2)18(9-3-4-10-18)14-20-13-16-7-5-6-15-12-19-11-8-17(15)16/h5-8,11-12,20H,3-4,9-10,13-14H2,1-2H3. The molecule has 0 aliphatic heterocycles. The van der Waals surface area contributed by atoms with Crippen LogP contribution in [0.1, 0.15) is 31.2 Å². The number of nitrogens with zero attached hydrogens (tertiary/aromatic N) is 2. The Morgan fingerprint density at radius 2 is 2.00 bits per heavy atom. The first-order valence-corrected chi connectivity index (χ1v) is 7.91. The van der Waals surface area contributed by atoms with E-state index in [0.29, 0.717) is 5.54 Å². The number of likely N-dealkylation sites (N-methyl/N-ethyl adjacent to an activating group) is 1. The van der Waals surface area contributed by atoms with Crippen LogP contribution in [0.25, 0.3) is 10.8 Å². The SMILES string of the molecule is CN(C)C1(CNCc2cccc3cnccc23)CCCC1. The molecule has 1 aromatic carbocycles. The van der Waals surface area contributed by atoms with Crippen LogP contribution in [0.2, 0.25) is 0 Å². The number of hydrogen-bond donors (Lipinski definition) is 1. The van der Waals surface area contributed by atoms with Gasteiger partial charge in [0.05, 0.1) is 0 Å². The molecule has 0 atom stereocenters. The van der Waals surface area contributed by atoms with Crippen LogP contribution in [0.4, 0.5) is 0 Å². The highest BCUT2D eigenvalue weighted by Crippen LogP contribution is 2.33. The first-order valence-electron chi connectivity index (χ1n) is 7.91. The van der Waals surface area contributed by atoms with Gasteiger partial charge in [-0.2, -0.15) is 0 Å². The van der Waals surface area contributed by atoms with Crippen molar-refractivity contribution in [2.45, 2.75) is 37.8 Å². The highest BCUT2D eigenvalue weighted by Gasteiger charge is 2.35. The van der Waals surface area contributed by atoms with Crippen LogP contribution < -0.4 is 5.32 Å². The van der Waals surface area contributed by atoms with Gasteiger partial charge < -0.3 is 10.2 Å². The van der Waals surface area contributed by atoms with Crippen molar-refractivity contribution in [3.63, 3.8) is 0 Å². The van der Waals surface area contributed by atoms with Gasteiger partial charge in [0, 0.05) is 36.4 Å². The Bertz CT molecular complexity index is 595.